The number of hydrogen-bond donors (Lipinski definition) is 1. The minimum absolute atomic E-state index is 0.119. The van der Waals surface area contributed by atoms with Gasteiger partial charge in [0.25, 0.3) is 5.91 Å². The lowest BCUT2D eigenvalue weighted by atomic mass is 9.93. The van der Waals surface area contributed by atoms with E-state index < -0.39 is 5.60 Å². The van der Waals surface area contributed by atoms with E-state index >= 15 is 0 Å². The van der Waals surface area contributed by atoms with Gasteiger partial charge in [-0.25, -0.2) is 9.07 Å². The van der Waals surface area contributed by atoms with E-state index in [9.17, 15) is 14.3 Å². The summed E-state index contributed by atoms with van der Waals surface area (Å²) in [5.41, 5.74) is 0.883. The van der Waals surface area contributed by atoms with Gasteiger partial charge in [0, 0.05) is 23.7 Å². The second-order valence-electron chi connectivity index (χ2n) is 7.65. The van der Waals surface area contributed by atoms with Crippen LogP contribution in [0.5, 0.6) is 0 Å². The quantitative estimate of drug-likeness (QED) is 0.642. The van der Waals surface area contributed by atoms with Crippen LogP contribution in [-0.2, 0) is 6.42 Å². The lowest BCUT2D eigenvalue weighted by molar-refractivity contribution is 0.0437. The molecule has 30 heavy (non-hydrogen) atoms. The summed E-state index contributed by atoms with van der Waals surface area (Å²) in [7, 11) is 0. The number of hydrogen-bond acceptors (Lipinski definition) is 3. The predicted molar refractivity (Wildman–Crippen MR) is 114 cm³/mol. The number of rotatable bonds is 4. The molecule has 2 heterocycles. The molecule has 1 atom stereocenters. The molecule has 0 spiro atoms. The highest BCUT2D eigenvalue weighted by Gasteiger charge is 2.39. The Kier molecular flexibility index (Phi) is 5.57. The summed E-state index contributed by atoms with van der Waals surface area (Å²) in [6.07, 6.45) is 0.521. The molecule has 0 saturated carbocycles. The van der Waals surface area contributed by atoms with Crippen molar-refractivity contribution >= 4 is 29.1 Å². The van der Waals surface area contributed by atoms with Crippen molar-refractivity contribution in [2.45, 2.75) is 25.4 Å². The van der Waals surface area contributed by atoms with E-state index in [1.54, 1.807) is 52.0 Å². The molecule has 4 rings (SSSR count). The number of β-amino-alcohol motifs (C(OH)–C–C–N with tert-alkyl or cyclic N) is 1. The molecule has 0 radical (unpaired) electrons. The van der Waals surface area contributed by atoms with Crippen LogP contribution in [0, 0.1) is 12.7 Å². The lowest BCUT2D eigenvalue weighted by Gasteiger charge is -2.23. The smallest absolute Gasteiger partial charge is 0.274 e. The van der Waals surface area contributed by atoms with Crippen LogP contribution in [0.25, 0.3) is 5.69 Å². The molecular formula is C22H20Cl2FN3O2. The Morgan fingerprint density at radius 2 is 2.00 bits per heavy atom. The number of carbonyl (C=O) groups excluding carboxylic acids is 1. The molecule has 0 aliphatic carbocycles. The first-order valence-electron chi connectivity index (χ1n) is 9.53. The molecule has 1 unspecified atom stereocenters. The zero-order chi connectivity index (χ0) is 21.5. The van der Waals surface area contributed by atoms with Crippen LogP contribution in [0.15, 0.2) is 48.5 Å². The number of nitrogens with zero attached hydrogens (tertiary/aromatic N) is 3. The van der Waals surface area contributed by atoms with E-state index in [1.807, 2.05) is 6.92 Å². The van der Waals surface area contributed by atoms with Gasteiger partial charge in [0.05, 0.1) is 22.9 Å². The van der Waals surface area contributed by atoms with Crippen LogP contribution in [0.2, 0.25) is 10.0 Å². The molecule has 8 heteroatoms. The first-order chi connectivity index (χ1) is 14.3. The van der Waals surface area contributed by atoms with Gasteiger partial charge in [0.2, 0.25) is 0 Å². The van der Waals surface area contributed by atoms with Crippen molar-refractivity contribution in [1.29, 1.82) is 0 Å². The van der Waals surface area contributed by atoms with Crippen LogP contribution in [-0.4, -0.2) is 44.4 Å². The normalized spacial score (nSPS) is 18.8. The van der Waals surface area contributed by atoms with Gasteiger partial charge in [-0.05, 0) is 49.2 Å². The summed E-state index contributed by atoms with van der Waals surface area (Å²) < 4.78 is 15.6. The molecule has 1 aliphatic heterocycles. The van der Waals surface area contributed by atoms with Gasteiger partial charge in [0.15, 0.2) is 5.69 Å². The zero-order valence-electron chi connectivity index (χ0n) is 16.3. The largest absolute Gasteiger partial charge is 0.388 e. The standard InChI is InChI=1S/C22H20Cl2FN3O2/c1-14-10-19(26-28(14)20-7-6-16(23)11-17(20)24)21(29)27-9-8-22(30,13-27)12-15-4-2-3-5-18(15)25/h2-7,10-11,30H,8-9,12-13H2,1H3. The fourth-order valence-corrected chi connectivity index (χ4v) is 4.30. The molecule has 1 fully saturated rings. The summed E-state index contributed by atoms with van der Waals surface area (Å²) in [6, 6.07) is 13.1. The number of aromatic nitrogens is 2. The van der Waals surface area contributed by atoms with Crippen molar-refractivity contribution in [3.8, 4) is 5.69 Å². The van der Waals surface area contributed by atoms with E-state index in [0.717, 1.165) is 5.69 Å². The number of aryl methyl sites for hydroxylation is 1. The number of aliphatic hydroxyl groups is 1. The molecule has 1 amide bonds. The van der Waals surface area contributed by atoms with Crippen molar-refractivity contribution in [1.82, 2.24) is 14.7 Å². The monoisotopic (exact) mass is 447 g/mol. The molecule has 1 saturated heterocycles. The summed E-state index contributed by atoms with van der Waals surface area (Å²) in [5, 5.41) is 16.3. The van der Waals surface area contributed by atoms with Gasteiger partial charge in [-0.1, -0.05) is 41.4 Å². The van der Waals surface area contributed by atoms with Crippen LogP contribution in [0.4, 0.5) is 4.39 Å². The lowest BCUT2D eigenvalue weighted by Crippen LogP contribution is -2.38. The van der Waals surface area contributed by atoms with Crippen molar-refractivity contribution in [3.63, 3.8) is 0 Å². The molecule has 1 aliphatic rings. The van der Waals surface area contributed by atoms with E-state index in [-0.39, 0.29) is 30.4 Å². The maximum Gasteiger partial charge on any atom is 0.274 e. The summed E-state index contributed by atoms with van der Waals surface area (Å²) in [4.78, 5) is 14.6. The Morgan fingerprint density at radius 1 is 1.23 bits per heavy atom. The van der Waals surface area contributed by atoms with Gasteiger partial charge in [0.1, 0.15) is 5.82 Å². The van der Waals surface area contributed by atoms with Gasteiger partial charge in [-0.2, -0.15) is 5.10 Å². The highest BCUT2D eigenvalue weighted by molar-refractivity contribution is 6.35. The minimum Gasteiger partial charge on any atom is -0.388 e. The van der Waals surface area contributed by atoms with Crippen molar-refractivity contribution in [3.05, 3.63) is 81.3 Å². The third kappa shape index (κ3) is 4.08. The maximum atomic E-state index is 14.0. The topological polar surface area (TPSA) is 58.4 Å². The number of halogens is 3. The molecule has 5 nitrogen and oxygen atoms in total. The highest BCUT2D eigenvalue weighted by Crippen LogP contribution is 2.29. The van der Waals surface area contributed by atoms with Gasteiger partial charge >= 0.3 is 0 Å². The zero-order valence-corrected chi connectivity index (χ0v) is 17.8. The van der Waals surface area contributed by atoms with Gasteiger partial charge in [-0.3, -0.25) is 4.79 Å². The number of amides is 1. The van der Waals surface area contributed by atoms with Gasteiger partial charge in [-0.15, -0.1) is 0 Å². The molecule has 2 aromatic carbocycles. The SMILES string of the molecule is Cc1cc(C(=O)N2CCC(O)(Cc3ccccc3F)C2)nn1-c1ccc(Cl)cc1Cl. The third-order valence-electron chi connectivity index (χ3n) is 5.34. The number of carbonyl (C=O) groups is 1. The van der Waals surface area contributed by atoms with E-state index in [0.29, 0.717) is 34.3 Å². The minimum atomic E-state index is -1.17. The Hall–Kier alpha value is -2.41. The van der Waals surface area contributed by atoms with Crippen molar-refractivity contribution in [2.75, 3.05) is 13.1 Å². The van der Waals surface area contributed by atoms with Crippen molar-refractivity contribution < 1.29 is 14.3 Å². The second kappa shape index (κ2) is 8.02. The average Bonchev–Trinajstić information content (AvgIpc) is 3.27. The van der Waals surface area contributed by atoms with Crippen LogP contribution in [0.3, 0.4) is 0 Å². The maximum absolute atomic E-state index is 14.0. The molecule has 3 aromatic rings. The number of benzene rings is 2. The summed E-state index contributed by atoms with van der Waals surface area (Å²) >= 11 is 12.2. The Bertz CT molecular complexity index is 1120. The first kappa shape index (κ1) is 20.8. The van der Waals surface area contributed by atoms with Crippen LogP contribution < -0.4 is 0 Å². The molecule has 1 aromatic heterocycles. The van der Waals surface area contributed by atoms with E-state index in [2.05, 4.69) is 5.10 Å². The predicted octanol–water partition coefficient (Wildman–Crippen LogP) is 4.45. The first-order valence-corrected chi connectivity index (χ1v) is 10.3. The summed E-state index contributed by atoms with van der Waals surface area (Å²) in [6.45, 7) is 2.32. The van der Waals surface area contributed by atoms with E-state index in [1.165, 1.54) is 6.07 Å². The summed E-state index contributed by atoms with van der Waals surface area (Å²) in [5.74, 6) is -0.642. The Balaban J connectivity index is 1.52. The van der Waals surface area contributed by atoms with E-state index in [4.69, 9.17) is 23.2 Å². The molecule has 0 bridgehead atoms. The highest BCUT2D eigenvalue weighted by atomic mass is 35.5. The van der Waals surface area contributed by atoms with Crippen LogP contribution in [0.1, 0.15) is 28.2 Å². The second-order valence-corrected chi connectivity index (χ2v) is 8.49. The number of likely N-dealkylation sites (tertiary alicyclic amines) is 1. The van der Waals surface area contributed by atoms with Crippen LogP contribution >= 0.6 is 23.2 Å². The Morgan fingerprint density at radius 3 is 2.73 bits per heavy atom. The molecule has 156 valence electrons. The average molecular weight is 448 g/mol. The Labute approximate surface area is 183 Å². The molecule has 1 N–H and O–H groups in total. The van der Waals surface area contributed by atoms with Gasteiger partial charge < -0.3 is 10.0 Å². The van der Waals surface area contributed by atoms with Crippen molar-refractivity contribution in [2.24, 2.45) is 0 Å². The third-order valence-corrected chi connectivity index (χ3v) is 5.88. The fourth-order valence-electron chi connectivity index (χ4n) is 3.81. The molecular weight excluding hydrogens is 428 g/mol. The fraction of sp³-hybridized carbons (Fsp3) is 0.273.